The number of benzene rings is 1. The van der Waals surface area contributed by atoms with Gasteiger partial charge in [0.1, 0.15) is 6.54 Å². The van der Waals surface area contributed by atoms with E-state index in [2.05, 4.69) is 30.7 Å². The number of carbonyl (C=O) groups excluding carboxylic acids is 4. The van der Waals surface area contributed by atoms with Gasteiger partial charge in [-0.1, -0.05) is 22.0 Å². The number of hydrogen-bond acceptors (Lipinski definition) is 6. The molecule has 0 fully saturated rings. The van der Waals surface area contributed by atoms with Crippen molar-refractivity contribution in [3.63, 3.8) is 0 Å². The van der Waals surface area contributed by atoms with Gasteiger partial charge in [0, 0.05) is 10.0 Å². The molecule has 0 spiro atoms. The Hall–Kier alpha value is -2.42. The Kier molecular flexibility index (Phi) is 7.75. The Labute approximate surface area is 140 Å². The maximum absolute atomic E-state index is 11.8. The molecule has 0 heterocycles. The van der Waals surface area contributed by atoms with Gasteiger partial charge in [0.25, 0.3) is 11.8 Å². The molecule has 1 aromatic carbocycles. The molecule has 0 saturated carbocycles. The first-order valence-corrected chi connectivity index (χ1v) is 7.37. The van der Waals surface area contributed by atoms with E-state index in [4.69, 9.17) is 0 Å². The number of halogens is 1. The topological polar surface area (TPSA) is 111 Å². The summed E-state index contributed by atoms with van der Waals surface area (Å²) in [6.07, 6.45) is -0.920. The molecule has 0 radical (unpaired) electrons. The maximum atomic E-state index is 11.8. The highest BCUT2D eigenvalue weighted by Gasteiger charge is 2.13. The van der Waals surface area contributed by atoms with Crippen LogP contribution >= 0.6 is 15.9 Å². The molecule has 0 atom stereocenters. The lowest BCUT2D eigenvalue weighted by Crippen LogP contribution is -2.36. The number of ether oxygens (including phenoxy) is 2. The Balaban J connectivity index is 2.30. The zero-order chi connectivity index (χ0) is 17.2. The van der Waals surface area contributed by atoms with Crippen molar-refractivity contribution in [2.45, 2.75) is 6.92 Å². The second-order valence-corrected chi connectivity index (χ2v) is 5.04. The van der Waals surface area contributed by atoms with Gasteiger partial charge in [-0.05, 0) is 25.1 Å². The maximum Gasteiger partial charge on any atom is 0.413 e. The molecule has 0 unspecified atom stereocenters. The molecule has 2 N–H and O–H groups in total. The van der Waals surface area contributed by atoms with E-state index in [9.17, 15) is 19.2 Å². The summed E-state index contributed by atoms with van der Waals surface area (Å²) in [6.45, 7) is 0.640. The van der Waals surface area contributed by atoms with E-state index in [1.165, 1.54) is 0 Å². The largest absolute Gasteiger partial charge is 0.454 e. The highest BCUT2D eigenvalue weighted by molar-refractivity contribution is 9.10. The van der Waals surface area contributed by atoms with Crippen molar-refractivity contribution in [3.05, 3.63) is 34.3 Å². The van der Waals surface area contributed by atoms with E-state index in [0.29, 0.717) is 5.56 Å². The van der Waals surface area contributed by atoms with E-state index in [0.717, 1.165) is 4.47 Å². The fraction of sp³-hybridized carbons (Fsp3) is 0.286. The second kappa shape index (κ2) is 9.57. The lowest BCUT2D eigenvalue weighted by atomic mass is 10.2. The first-order valence-electron chi connectivity index (χ1n) is 6.58. The van der Waals surface area contributed by atoms with Crippen LogP contribution in [0.2, 0.25) is 0 Å². The zero-order valence-electron chi connectivity index (χ0n) is 12.3. The predicted octanol–water partition coefficient (Wildman–Crippen LogP) is 0.995. The van der Waals surface area contributed by atoms with Crippen LogP contribution in [-0.4, -0.2) is 43.6 Å². The zero-order valence-corrected chi connectivity index (χ0v) is 13.8. The van der Waals surface area contributed by atoms with E-state index < -0.39 is 37.0 Å². The van der Waals surface area contributed by atoms with E-state index in [-0.39, 0.29) is 6.61 Å². The molecule has 124 valence electrons. The van der Waals surface area contributed by atoms with Gasteiger partial charge in [0.15, 0.2) is 6.61 Å². The van der Waals surface area contributed by atoms with Gasteiger partial charge in [-0.2, -0.15) is 0 Å². The summed E-state index contributed by atoms with van der Waals surface area (Å²) in [5.74, 6) is -2.10. The fourth-order valence-electron chi connectivity index (χ4n) is 1.40. The van der Waals surface area contributed by atoms with Gasteiger partial charge >= 0.3 is 12.1 Å². The Morgan fingerprint density at radius 1 is 1.17 bits per heavy atom. The SMILES string of the molecule is CCOC(=O)NC(=O)COC(=O)CNC(=O)c1cccc(Br)c1. The van der Waals surface area contributed by atoms with Gasteiger partial charge < -0.3 is 14.8 Å². The van der Waals surface area contributed by atoms with Crippen molar-refractivity contribution in [2.24, 2.45) is 0 Å². The molecule has 0 aromatic heterocycles. The van der Waals surface area contributed by atoms with Crippen LogP contribution in [0.25, 0.3) is 0 Å². The molecule has 8 nitrogen and oxygen atoms in total. The minimum atomic E-state index is -0.920. The predicted molar refractivity (Wildman–Crippen MR) is 82.6 cm³/mol. The molecule has 1 aromatic rings. The Morgan fingerprint density at radius 2 is 1.91 bits per heavy atom. The number of rotatable bonds is 6. The molecule has 9 heteroatoms. The number of esters is 1. The smallest absolute Gasteiger partial charge is 0.413 e. The van der Waals surface area contributed by atoms with Gasteiger partial charge in [-0.3, -0.25) is 19.7 Å². The first kappa shape index (κ1) is 18.6. The quantitative estimate of drug-likeness (QED) is 0.705. The summed E-state index contributed by atoms with van der Waals surface area (Å²) in [5, 5.41) is 4.22. The van der Waals surface area contributed by atoms with Crippen LogP contribution in [0.4, 0.5) is 4.79 Å². The van der Waals surface area contributed by atoms with Crippen LogP contribution in [0.3, 0.4) is 0 Å². The molecule has 1 rings (SSSR count). The monoisotopic (exact) mass is 386 g/mol. The minimum absolute atomic E-state index is 0.112. The summed E-state index contributed by atoms with van der Waals surface area (Å²) in [6, 6.07) is 6.61. The number of nitrogens with one attached hydrogen (secondary N) is 2. The van der Waals surface area contributed by atoms with Crippen LogP contribution < -0.4 is 10.6 Å². The number of hydrogen-bond donors (Lipinski definition) is 2. The Morgan fingerprint density at radius 3 is 2.57 bits per heavy atom. The molecule has 23 heavy (non-hydrogen) atoms. The third-order valence-corrected chi connectivity index (χ3v) is 2.85. The molecule has 0 aliphatic carbocycles. The number of carbonyl (C=O) groups is 4. The van der Waals surface area contributed by atoms with Crippen molar-refractivity contribution >= 4 is 39.8 Å². The van der Waals surface area contributed by atoms with Gasteiger partial charge in [0.05, 0.1) is 6.61 Å². The van der Waals surface area contributed by atoms with Gasteiger partial charge in [-0.25, -0.2) is 4.79 Å². The fourth-order valence-corrected chi connectivity index (χ4v) is 1.80. The van der Waals surface area contributed by atoms with Crippen molar-refractivity contribution in [2.75, 3.05) is 19.8 Å². The summed E-state index contributed by atoms with van der Waals surface area (Å²) < 4.78 is 9.82. The van der Waals surface area contributed by atoms with Crippen molar-refractivity contribution < 1.29 is 28.7 Å². The molecule has 0 saturated heterocycles. The third-order valence-electron chi connectivity index (χ3n) is 2.36. The van der Waals surface area contributed by atoms with Crippen molar-refractivity contribution in [1.82, 2.24) is 10.6 Å². The highest BCUT2D eigenvalue weighted by atomic mass is 79.9. The van der Waals surface area contributed by atoms with E-state index in [1.54, 1.807) is 31.2 Å². The van der Waals surface area contributed by atoms with Crippen molar-refractivity contribution in [1.29, 1.82) is 0 Å². The van der Waals surface area contributed by atoms with Crippen LogP contribution in [0.15, 0.2) is 28.7 Å². The highest BCUT2D eigenvalue weighted by Crippen LogP contribution is 2.11. The number of imide groups is 1. The normalized spacial score (nSPS) is 9.65. The van der Waals surface area contributed by atoms with Crippen LogP contribution in [0, 0.1) is 0 Å². The molecule has 0 aliphatic rings. The summed E-state index contributed by atoms with van der Waals surface area (Å²) in [5.41, 5.74) is 0.368. The van der Waals surface area contributed by atoms with Crippen LogP contribution in [-0.2, 0) is 19.1 Å². The lowest BCUT2D eigenvalue weighted by molar-refractivity contribution is -0.147. The summed E-state index contributed by atoms with van der Waals surface area (Å²) in [7, 11) is 0. The molecular formula is C14H15BrN2O6. The van der Waals surface area contributed by atoms with Crippen LogP contribution in [0.5, 0.6) is 0 Å². The Bertz CT molecular complexity index is 605. The number of amides is 3. The number of alkyl carbamates (subject to hydrolysis) is 1. The summed E-state index contributed by atoms with van der Waals surface area (Å²) >= 11 is 3.23. The molecular weight excluding hydrogens is 372 g/mol. The van der Waals surface area contributed by atoms with Gasteiger partial charge in [0.2, 0.25) is 0 Å². The lowest BCUT2D eigenvalue weighted by Gasteiger charge is -2.07. The van der Waals surface area contributed by atoms with Gasteiger partial charge in [-0.15, -0.1) is 0 Å². The van der Waals surface area contributed by atoms with Crippen LogP contribution in [0.1, 0.15) is 17.3 Å². The molecule has 3 amide bonds. The van der Waals surface area contributed by atoms with E-state index in [1.807, 2.05) is 5.32 Å². The standard InChI is InChI=1S/C14H15BrN2O6/c1-2-22-14(21)17-11(18)8-23-12(19)7-16-13(20)9-4-3-5-10(15)6-9/h3-6H,2,7-8H2,1H3,(H,16,20)(H,17,18,21). The second-order valence-electron chi connectivity index (χ2n) is 4.12. The average Bonchev–Trinajstić information content (AvgIpc) is 2.50. The molecule has 0 bridgehead atoms. The third kappa shape index (κ3) is 7.41. The summed E-state index contributed by atoms with van der Waals surface area (Å²) in [4.78, 5) is 45.4. The van der Waals surface area contributed by atoms with Crippen molar-refractivity contribution in [3.8, 4) is 0 Å². The molecule has 0 aliphatic heterocycles. The average molecular weight is 387 g/mol. The first-order chi connectivity index (χ1) is 10.9. The minimum Gasteiger partial charge on any atom is -0.454 e. The van der Waals surface area contributed by atoms with E-state index >= 15 is 0 Å².